The lowest BCUT2D eigenvalue weighted by Gasteiger charge is -2.06. The Kier molecular flexibility index (Phi) is 3.54. The number of benzene rings is 1. The zero-order valence-corrected chi connectivity index (χ0v) is 11.5. The van der Waals surface area contributed by atoms with Gasteiger partial charge in [-0.05, 0) is 24.3 Å². The van der Waals surface area contributed by atoms with E-state index in [9.17, 15) is 4.79 Å². The number of nitrogens with zero attached hydrogens (tertiary/aromatic N) is 1. The molecule has 0 amide bonds. The van der Waals surface area contributed by atoms with E-state index >= 15 is 0 Å². The predicted molar refractivity (Wildman–Crippen MR) is 75.6 cm³/mol. The number of anilines is 2. The minimum absolute atomic E-state index is 0.142. The molecular formula is C12H9BrClN3O. The van der Waals surface area contributed by atoms with Gasteiger partial charge < -0.3 is 11.5 Å². The van der Waals surface area contributed by atoms with E-state index in [1.807, 2.05) is 0 Å². The Hall–Kier alpha value is -1.59. The first-order chi connectivity index (χ1) is 8.47. The van der Waals surface area contributed by atoms with Gasteiger partial charge in [0.15, 0.2) is 5.78 Å². The Labute approximate surface area is 117 Å². The van der Waals surface area contributed by atoms with E-state index in [1.165, 1.54) is 12.3 Å². The highest BCUT2D eigenvalue weighted by atomic mass is 79.9. The molecule has 0 saturated heterocycles. The summed E-state index contributed by atoms with van der Waals surface area (Å²) in [5.74, 6) is -0.126. The van der Waals surface area contributed by atoms with Crippen molar-refractivity contribution in [2.45, 2.75) is 0 Å². The molecule has 0 atom stereocenters. The normalized spacial score (nSPS) is 10.3. The number of rotatable bonds is 2. The van der Waals surface area contributed by atoms with Crippen LogP contribution in [0.4, 0.5) is 11.5 Å². The highest BCUT2D eigenvalue weighted by Crippen LogP contribution is 2.23. The van der Waals surface area contributed by atoms with E-state index in [1.54, 1.807) is 18.2 Å². The van der Waals surface area contributed by atoms with E-state index in [0.29, 0.717) is 16.3 Å². The molecule has 0 aliphatic carbocycles. The maximum Gasteiger partial charge on any atom is 0.196 e. The molecule has 18 heavy (non-hydrogen) atoms. The van der Waals surface area contributed by atoms with Crippen LogP contribution >= 0.6 is 27.5 Å². The molecular weight excluding hydrogens is 318 g/mol. The molecule has 2 rings (SSSR count). The van der Waals surface area contributed by atoms with Crippen molar-refractivity contribution in [2.24, 2.45) is 0 Å². The summed E-state index contributed by atoms with van der Waals surface area (Å²) in [7, 11) is 0. The molecule has 0 saturated carbocycles. The van der Waals surface area contributed by atoms with Crippen LogP contribution in [0.2, 0.25) is 5.02 Å². The number of nitrogens with two attached hydrogens (primary N) is 2. The van der Waals surface area contributed by atoms with Gasteiger partial charge in [0.05, 0.1) is 10.6 Å². The second-order valence-electron chi connectivity index (χ2n) is 3.69. The predicted octanol–water partition coefficient (Wildman–Crippen LogP) is 2.89. The molecule has 0 aliphatic heterocycles. The Morgan fingerprint density at radius 2 is 1.94 bits per heavy atom. The molecule has 0 spiro atoms. The van der Waals surface area contributed by atoms with Crippen molar-refractivity contribution in [3.63, 3.8) is 0 Å². The Balaban J connectivity index is 2.51. The molecule has 1 aromatic carbocycles. The third kappa shape index (κ3) is 2.63. The largest absolute Gasteiger partial charge is 0.399 e. The van der Waals surface area contributed by atoms with Gasteiger partial charge in [0.2, 0.25) is 0 Å². The van der Waals surface area contributed by atoms with Crippen molar-refractivity contribution in [1.82, 2.24) is 4.98 Å². The second-order valence-corrected chi connectivity index (χ2v) is 5.04. The summed E-state index contributed by atoms with van der Waals surface area (Å²) in [4.78, 5) is 16.1. The maximum absolute atomic E-state index is 12.3. The van der Waals surface area contributed by atoms with Gasteiger partial charge in [-0.3, -0.25) is 4.79 Å². The third-order valence-corrected chi connectivity index (χ3v) is 2.98. The number of hydrogen-bond acceptors (Lipinski definition) is 4. The Morgan fingerprint density at radius 1 is 1.22 bits per heavy atom. The summed E-state index contributed by atoms with van der Waals surface area (Å²) in [6.45, 7) is 0. The number of nitrogen functional groups attached to an aromatic ring is 2. The lowest BCUT2D eigenvalue weighted by Crippen LogP contribution is -2.07. The summed E-state index contributed by atoms with van der Waals surface area (Å²) >= 11 is 9.09. The fourth-order valence-electron chi connectivity index (χ4n) is 1.53. The van der Waals surface area contributed by atoms with Crippen LogP contribution in [0.3, 0.4) is 0 Å². The summed E-state index contributed by atoms with van der Waals surface area (Å²) in [5, 5.41) is 0.357. The first-order valence-electron chi connectivity index (χ1n) is 4.99. The lowest BCUT2D eigenvalue weighted by molar-refractivity contribution is 0.103. The number of carbonyl (C=O) groups is 1. The van der Waals surface area contributed by atoms with Crippen molar-refractivity contribution in [3.05, 3.63) is 51.1 Å². The maximum atomic E-state index is 12.3. The van der Waals surface area contributed by atoms with Gasteiger partial charge >= 0.3 is 0 Å². The molecule has 2 aromatic rings. The molecule has 1 aromatic heterocycles. The molecule has 4 N–H and O–H groups in total. The molecule has 0 bridgehead atoms. The Bertz CT molecular complexity index is 610. The van der Waals surface area contributed by atoms with E-state index < -0.39 is 0 Å². The third-order valence-electron chi connectivity index (χ3n) is 2.31. The molecule has 92 valence electrons. The number of pyridine rings is 1. The molecule has 0 aliphatic rings. The monoisotopic (exact) mass is 325 g/mol. The Morgan fingerprint density at radius 3 is 2.61 bits per heavy atom. The first-order valence-corrected chi connectivity index (χ1v) is 6.16. The van der Waals surface area contributed by atoms with Gasteiger partial charge in [-0.1, -0.05) is 27.5 Å². The van der Waals surface area contributed by atoms with Gasteiger partial charge in [-0.15, -0.1) is 0 Å². The molecule has 0 radical (unpaired) electrons. The van der Waals surface area contributed by atoms with Gasteiger partial charge in [0.1, 0.15) is 5.82 Å². The molecule has 6 heteroatoms. The quantitative estimate of drug-likeness (QED) is 0.656. The van der Waals surface area contributed by atoms with Gasteiger partial charge in [0.25, 0.3) is 0 Å². The van der Waals surface area contributed by atoms with Crippen LogP contribution in [0.15, 0.2) is 34.9 Å². The van der Waals surface area contributed by atoms with Crippen LogP contribution < -0.4 is 11.5 Å². The van der Waals surface area contributed by atoms with E-state index in [0.717, 1.165) is 4.47 Å². The number of hydrogen-bond donors (Lipinski definition) is 2. The van der Waals surface area contributed by atoms with Crippen molar-refractivity contribution in [3.8, 4) is 0 Å². The van der Waals surface area contributed by atoms with Crippen LogP contribution in [0.5, 0.6) is 0 Å². The van der Waals surface area contributed by atoms with Crippen LogP contribution in [0.1, 0.15) is 15.9 Å². The molecule has 0 unspecified atom stereocenters. The SMILES string of the molecule is Nc1cc(Br)cc(C(=O)c2cc(Cl)cnc2N)c1. The van der Waals surface area contributed by atoms with Gasteiger partial charge in [-0.25, -0.2) is 4.98 Å². The topological polar surface area (TPSA) is 82.0 Å². The van der Waals surface area contributed by atoms with Crippen LogP contribution in [-0.2, 0) is 0 Å². The zero-order valence-electron chi connectivity index (χ0n) is 9.15. The average Bonchev–Trinajstić information content (AvgIpc) is 2.30. The number of carbonyl (C=O) groups excluding carboxylic acids is 1. The number of halogens is 2. The summed E-state index contributed by atoms with van der Waals surface area (Å²) in [5.41, 5.74) is 12.5. The van der Waals surface area contributed by atoms with E-state index in [-0.39, 0.29) is 17.2 Å². The lowest BCUT2D eigenvalue weighted by atomic mass is 10.0. The van der Waals surface area contributed by atoms with Crippen molar-refractivity contribution < 1.29 is 4.79 Å². The summed E-state index contributed by atoms with van der Waals surface area (Å²) < 4.78 is 0.722. The highest BCUT2D eigenvalue weighted by Gasteiger charge is 2.15. The first kappa shape index (κ1) is 12.9. The molecule has 4 nitrogen and oxygen atoms in total. The average molecular weight is 327 g/mol. The van der Waals surface area contributed by atoms with Crippen molar-refractivity contribution in [2.75, 3.05) is 11.5 Å². The van der Waals surface area contributed by atoms with Crippen LogP contribution in [-0.4, -0.2) is 10.8 Å². The van der Waals surface area contributed by atoms with Gasteiger partial charge in [0, 0.05) is 21.9 Å². The van der Waals surface area contributed by atoms with E-state index in [2.05, 4.69) is 20.9 Å². The smallest absolute Gasteiger partial charge is 0.196 e. The fraction of sp³-hybridized carbons (Fsp3) is 0. The minimum atomic E-state index is -0.268. The second kappa shape index (κ2) is 4.96. The summed E-state index contributed by atoms with van der Waals surface area (Å²) in [6.07, 6.45) is 1.39. The van der Waals surface area contributed by atoms with Crippen molar-refractivity contribution >= 4 is 44.8 Å². The van der Waals surface area contributed by atoms with Gasteiger partial charge in [-0.2, -0.15) is 0 Å². The molecule has 0 fully saturated rings. The molecule has 1 heterocycles. The van der Waals surface area contributed by atoms with Crippen molar-refractivity contribution in [1.29, 1.82) is 0 Å². The number of aromatic nitrogens is 1. The van der Waals surface area contributed by atoms with Crippen LogP contribution in [0.25, 0.3) is 0 Å². The zero-order chi connectivity index (χ0) is 13.3. The summed E-state index contributed by atoms with van der Waals surface area (Å²) in [6, 6.07) is 6.44. The number of ketones is 1. The van der Waals surface area contributed by atoms with E-state index in [4.69, 9.17) is 23.1 Å². The van der Waals surface area contributed by atoms with Crippen LogP contribution in [0, 0.1) is 0 Å². The highest BCUT2D eigenvalue weighted by molar-refractivity contribution is 9.10. The minimum Gasteiger partial charge on any atom is -0.399 e. The standard InChI is InChI=1S/C12H9BrClN3O/c13-7-1-6(2-9(15)3-7)11(18)10-4-8(14)5-17-12(10)16/h1-5H,15H2,(H2,16,17). The fourth-order valence-corrected chi connectivity index (χ4v) is 2.20.